The topological polar surface area (TPSA) is 63.1 Å². The van der Waals surface area contributed by atoms with Gasteiger partial charge in [0, 0.05) is 23.3 Å². The lowest BCUT2D eigenvalue weighted by Gasteiger charge is -2.35. The lowest BCUT2D eigenvalue weighted by atomic mass is 10.0. The molecule has 6 heteroatoms. The van der Waals surface area contributed by atoms with Gasteiger partial charge in [0.05, 0.1) is 19.3 Å². The molecule has 1 aromatic heterocycles. The number of carbonyl (C=O) groups excluding carboxylic acids is 1. The molecule has 1 atom stereocenters. The van der Waals surface area contributed by atoms with Gasteiger partial charge in [0.2, 0.25) is 5.91 Å². The number of piperidine rings is 1. The van der Waals surface area contributed by atoms with Gasteiger partial charge in [0.1, 0.15) is 0 Å². The Morgan fingerprint density at radius 2 is 2.04 bits per heavy atom. The van der Waals surface area contributed by atoms with E-state index in [4.69, 9.17) is 0 Å². The molecule has 1 fully saturated rings. The fraction of sp³-hybridized carbons (Fsp3) is 0.350. The van der Waals surface area contributed by atoms with Crippen molar-refractivity contribution in [3.05, 3.63) is 54.9 Å². The number of likely N-dealkylation sites (tertiary alicyclic amines) is 1. The predicted molar refractivity (Wildman–Crippen MR) is 102 cm³/mol. The summed E-state index contributed by atoms with van der Waals surface area (Å²) in [6.07, 6.45) is 6.99. The molecule has 2 aromatic carbocycles. The quantitative estimate of drug-likeness (QED) is 0.769. The molecule has 0 saturated carbocycles. The second kappa shape index (κ2) is 7.66. The van der Waals surface area contributed by atoms with Crippen LogP contribution in [0.1, 0.15) is 19.3 Å². The van der Waals surface area contributed by atoms with E-state index in [-0.39, 0.29) is 5.91 Å². The second-order valence-corrected chi connectivity index (χ2v) is 6.82. The van der Waals surface area contributed by atoms with Crippen molar-refractivity contribution in [2.24, 2.45) is 0 Å². The summed E-state index contributed by atoms with van der Waals surface area (Å²) in [6.45, 7) is 2.13. The van der Waals surface area contributed by atoms with Gasteiger partial charge in [0.25, 0.3) is 0 Å². The maximum absolute atomic E-state index is 12.7. The van der Waals surface area contributed by atoms with E-state index in [1.807, 2.05) is 41.2 Å². The van der Waals surface area contributed by atoms with Gasteiger partial charge in [-0.15, -0.1) is 5.10 Å². The van der Waals surface area contributed by atoms with Crippen LogP contribution in [0.25, 0.3) is 10.8 Å². The average Bonchev–Trinajstić information content (AvgIpc) is 3.17. The largest absolute Gasteiger partial charge is 0.324 e. The van der Waals surface area contributed by atoms with Crippen molar-refractivity contribution in [1.29, 1.82) is 0 Å². The third-order valence-electron chi connectivity index (χ3n) is 5.03. The van der Waals surface area contributed by atoms with E-state index in [0.29, 0.717) is 12.6 Å². The zero-order valence-corrected chi connectivity index (χ0v) is 14.7. The number of anilines is 1. The van der Waals surface area contributed by atoms with Gasteiger partial charge >= 0.3 is 0 Å². The van der Waals surface area contributed by atoms with E-state index in [1.54, 1.807) is 6.20 Å². The van der Waals surface area contributed by atoms with Gasteiger partial charge in [-0.3, -0.25) is 14.4 Å². The van der Waals surface area contributed by atoms with Crippen LogP contribution in [0.4, 0.5) is 5.69 Å². The highest BCUT2D eigenvalue weighted by Gasteiger charge is 2.25. The molecule has 2 heterocycles. The number of aromatic nitrogens is 3. The summed E-state index contributed by atoms with van der Waals surface area (Å²) in [5, 5.41) is 13.2. The first-order chi connectivity index (χ1) is 12.8. The van der Waals surface area contributed by atoms with Crippen LogP contribution >= 0.6 is 0 Å². The fourth-order valence-electron chi connectivity index (χ4n) is 3.73. The van der Waals surface area contributed by atoms with Crippen LogP contribution in [0.15, 0.2) is 54.9 Å². The highest BCUT2D eigenvalue weighted by Crippen LogP contribution is 2.23. The molecule has 0 bridgehead atoms. The SMILES string of the molecule is O=C(CN1CCCCC1Cn1ccnn1)Nc1cccc2ccccc12. The molecular weight excluding hydrogens is 326 g/mol. The Hall–Kier alpha value is -2.73. The van der Waals surface area contributed by atoms with Crippen molar-refractivity contribution < 1.29 is 4.79 Å². The maximum atomic E-state index is 12.7. The van der Waals surface area contributed by atoms with E-state index in [2.05, 4.69) is 32.7 Å². The standard InChI is InChI=1S/C20H23N5O/c26-20(22-19-10-5-7-16-6-1-2-9-18(16)19)15-24-12-4-3-8-17(24)14-25-13-11-21-23-25/h1-2,5-7,9-11,13,17H,3-4,8,12,14-15H2,(H,22,26). The normalized spacial score (nSPS) is 18.1. The van der Waals surface area contributed by atoms with Gasteiger partial charge < -0.3 is 5.32 Å². The third-order valence-corrected chi connectivity index (χ3v) is 5.03. The number of amides is 1. The highest BCUT2D eigenvalue weighted by molar-refractivity contribution is 6.02. The minimum absolute atomic E-state index is 0.0341. The Kier molecular flexibility index (Phi) is 4.93. The summed E-state index contributed by atoms with van der Waals surface area (Å²) >= 11 is 0. The van der Waals surface area contributed by atoms with Gasteiger partial charge in [-0.1, -0.05) is 48.0 Å². The van der Waals surface area contributed by atoms with Gasteiger partial charge in [0.15, 0.2) is 0 Å². The number of hydrogen-bond acceptors (Lipinski definition) is 4. The molecule has 0 spiro atoms. The molecule has 0 radical (unpaired) electrons. The Morgan fingerprint density at radius 1 is 1.15 bits per heavy atom. The van der Waals surface area contributed by atoms with Crippen molar-refractivity contribution in [2.45, 2.75) is 31.8 Å². The lowest BCUT2D eigenvalue weighted by Crippen LogP contribution is -2.46. The molecule has 3 aromatic rings. The number of fused-ring (bicyclic) bond motifs is 1. The summed E-state index contributed by atoms with van der Waals surface area (Å²) in [7, 11) is 0. The highest BCUT2D eigenvalue weighted by atomic mass is 16.2. The molecule has 0 aliphatic carbocycles. The Bertz CT molecular complexity index is 872. The molecule has 6 nitrogen and oxygen atoms in total. The van der Waals surface area contributed by atoms with Crippen LogP contribution in [0, 0.1) is 0 Å². The average molecular weight is 349 g/mol. The fourth-order valence-corrected chi connectivity index (χ4v) is 3.73. The number of benzene rings is 2. The number of rotatable bonds is 5. The molecule has 1 N–H and O–H groups in total. The van der Waals surface area contributed by atoms with Crippen LogP contribution in [0.5, 0.6) is 0 Å². The Labute approximate surface area is 152 Å². The van der Waals surface area contributed by atoms with Crippen LogP contribution in [0.3, 0.4) is 0 Å². The smallest absolute Gasteiger partial charge is 0.238 e. The second-order valence-electron chi connectivity index (χ2n) is 6.82. The maximum Gasteiger partial charge on any atom is 0.238 e. The van der Waals surface area contributed by atoms with E-state index in [0.717, 1.165) is 42.4 Å². The van der Waals surface area contributed by atoms with E-state index in [1.165, 1.54) is 6.42 Å². The molecular formula is C20H23N5O. The molecule has 26 heavy (non-hydrogen) atoms. The Morgan fingerprint density at radius 3 is 2.92 bits per heavy atom. The van der Waals surface area contributed by atoms with Crippen LogP contribution in [-0.4, -0.2) is 44.9 Å². The zero-order valence-electron chi connectivity index (χ0n) is 14.7. The number of nitrogens with zero attached hydrogens (tertiary/aromatic N) is 4. The van der Waals surface area contributed by atoms with Crippen LogP contribution in [0.2, 0.25) is 0 Å². The number of carbonyl (C=O) groups is 1. The molecule has 4 rings (SSSR count). The van der Waals surface area contributed by atoms with Gasteiger partial charge in [-0.2, -0.15) is 0 Å². The first-order valence-electron chi connectivity index (χ1n) is 9.15. The first-order valence-corrected chi connectivity index (χ1v) is 9.15. The molecule has 134 valence electrons. The number of hydrogen-bond donors (Lipinski definition) is 1. The summed E-state index contributed by atoms with van der Waals surface area (Å²) in [6, 6.07) is 14.4. The van der Waals surface area contributed by atoms with Crippen LogP contribution < -0.4 is 5.32 Å². The molecule has 1 aliphatic rings. The van der Waals surface area contributed by atoms with Crippen molar-refractivity contribution in [3.8, 4) is 0 Å². The molecule has 1 aliphatic heterocycles. The molecule has 1 unspecified atom stereocenters. The first kappa shape index (κ1) is 16.7. The summed E-state index contributed by atoms with van der Waals surface area (Å²) in [5.41, 5.74) is 0.873. The van der Waals surface area contributed by atoms with Gasteiger partial charge in [-0.05, 0) is 30.8 Å². The van der Waals surface area contributed by atoms with Gasteiger partial charge in [-0.25, -0.2) is 0 Å². The third kappa shape index (κ3) is 3.75. The minimum Gasteiger partial charge on any atom is -0.324 e. The van der Waals surface area contributed by atoms with Crippen molar-refractivity contribution in [2.75, 3.05) is 18.4 Å². The summed E-state index contributed by atoms with van der Waals surface area (Å²) in [5.74, 6) is 0.0341. The zero-order chi connectivity index (χ0) is 17.8. The van der Waals surface area contributed by atoms with Crippen molar-refractivity contribution in [3.63, 3.8) is 0 Å². The van der Waals surface area contributed by atoms with Crippen molar-refractivity contribution in [1.82, 2.24) is 19.9 Å². The Balaban J connectivity index is 1.44. The molecule has 1 amide bonds. The molecule has 1 saturated heterocycles. The van der Waals surface area contributed by atoms with E-state index >= 15 is 0 Å². The van der Waals surface area contributed by atoms with E-state index < -0.39 is 0 Å². The lowest BCUT2D eigenvalue weighted by molar-refractivity contribution is -0.118. The summed E-state index contributed by atoms with van der Waals surface area (Å²) in [4.78, 5) is 15.0. The summed E-state index contributed by atoms with van der Waals surface area (Å²) < 4.78 is 1.85. The minimum atomic E-state index is 0.0341. The predicted octanol–water partition coefficient (Wildman–Crippen LogP) is 2.92. The van der Waals surface area contributed by atoms with E-state index in [9.17, 15) is 4.79 Å². The van der Waals surface area contributed by atoms with Crippen LogP contribution in [-0.2, 0) is 11.3 Å². The number of nitrogens with one attached hydrogen (secondary N) is 1. The van der Waals surface area contributed by atoms with Crippen molar-refractivity contribution >= 4 is 22.4 Å². The monoisotopic (exact) mass is 349 g/mol.